The molecule has 1 aromatic heterocycles. The van der Waals surface area contributed by atoms with Crippen LogP contribution in [0.5, 0.6) is 0 Å². The maximum absolute atomic E-state index is 11.9. The molecular weight excluding hydrogens is 270 g/mol. The number of halogens is 1. The summed E-state index contributed by atoms with van der Waals surface area (Å²) < 4.78 is 1.35. The van der Waals surface area contributed by atoms with E-state index in [1.54, 1.807) is 0 Å². The molecule has 0 fully saturated rings. The molecule has 1 aromatic rings. The third-order valence-corrected chi connectivity index (χ3v) is 4.15. The minimum atomic E-state index is -1.11. The summed E-state index contributed by atoms with van der Waals surface area (Å²) in [7, 11) is 0. The van der Waals surface area contributed by atoms with Gasteiger partial charge in [0.05, 0.1) is 12.1 Å². The lowest BCUT2D eigenvalue weighted by molar-refractivity contribution is 0.158. The van der Waals surface area contributed by atoms with E-state index in [9.17, 15) is 14.7 Å². The molecule has 0 aliphatic carbocycles. The zero-order valence-electron chi connectivity index (χ0n) is 11.3. The second kappa shape index (κ2) is 3.96. The van der Waals surface area contributed by atoms with Crippen molar-refractivity contribution in [3.63, 3.8) is 0 Å². The molecule has 0 radical (unpaired) electrons. The van der Waals surface area contributed by atoms with E-state index in [4.69, 9.17) is 11.6 Å². The van der Waals surface area contributed by atoms with Gasteiger partial charge in [-0.15, -0.1) is 0 Å². The van der Waals surface area contributed by atoms with E-state index < -0.39 is 17.3 Å². The molecule has 0 aromatic carbocycles. The number of carboxylic acid groups (broad SMARTS) is 1. The number of aromatic nitrogens is 2. The van der Waals surface area contributed by atoms with Crippen LogP contribution in [0, 0.1) is 5.41 Å². The third kappa shape index (κ3) is 1.90. The van der Waals surface area contributed by atoms with Crippen molar-refractivity contribution >= 4 is 23.5 Å². The largest absolute Gasteiger partial charge is 0.465 e. The summed E-state index contributed by atoms with van der Waals surface area (Å²) in [6.07, 6.45) is -1.11. The number of fused-ring (bicyclic) bond motifs is 1. The SMILES string of the molecule is CC(C)(C)[C@@]1(C)Cn2c(cc(Cl)nc2=O)N1C(=O)O. The van der Waals surface area contributed by atoms with E-state index in [0.29, 0.717) is 0 Å². The normalized spacial score (nSPS) is 22.5. The summed E-state index contributed by atoms with van der Waals surface area (Å²) in [5.74, 6) is 0.273. The highest BCUT2D eigenvalue weighted by Crippen LogP contribution is 2.44. The highest BCUT2D eigenvalue weighted by Gasteiger charge is 2.51. The van der Waals surface area contributed by atoms with Crippen LogP contribution in [-0.4, -0.2) is 26.3 Å². The van der Waals surface area contributed by atoms with Gasteiger partial charge in [0.25, 0.3) is 0 Å². The maximum atomic E-state index is 11.9. The minimum Gasteiger partial charge on any atom is -0.465 e. The number of anilines is 1. The van der Waals surface area contributed by atoms with Crippen molar-refractivity contribution in [1.29, 1.82) is 0 Å². The summed E-state index contributed by atoms with van der Waals surface area (Å²) >= 11 is 5.76. The second-order valence-electron chi connectivity index (χ2n) is 5.95. The summed E-state index contributed by atoms with van der Waals surface area (Å²) in [6.45, 7) is 7.90. The van der Waals surface area contributed by atoms with Crippen molar-refractivity contribution in [1.82, 2.24) is 9.55 Å². The van der Waals surface area contributed by atoms with Crippen LogP contribution in [0.1, 0.15) is 27.7 Å². The van der Waals surface area contributed by atoms with Crippen LogP contribution in [0.25, 0.3) is 0 Å². The molecule has 2 rings (SSSR count). The Bertz CT molecular complexity index is 605. The predicted octanol–water partition coefficient (Wildman–Crippen LogP) is 2.20. The van der Waals surface area contributed by atoms with Crippen LogP contribution >= 0.6 is 11.6 Å². The van der Waals surface area contributed by atoms with Crippen LogP contribution < -0.4 is 10.6 Å². The molecule has 6 nitrogen and oxygen atoms in total. The van der Waals surface area contributed by atoms with Crippen molar-refractivity contribution in [3.05, 3.63) is 21.7 Å². The van der Waals surface area contributed by atoms with Gasteiger partial charge < -0.3 is 5.11 Å². The van der Waals surface area contributed by atoms with Crippen molar-refractivity contribution in [2.24, 2.45) is 5.41 Å². The Balaban J connectivity index is 2.72. The Kier molecular flexibility index (Phi) is 2.89. The van der Waals surface area contributed by atoms with Crippen LogP contribution in [0.3, 0.4) is 0 Å². The highest BCUT2D eigenvalue weighted by atomic mass is 35.5. The topological polar surface area (TPSA) is 75.4 Å². The summed E-state index contributed by atoms with van der Waals surface area (Å²) in [4.78, 5) is 28.3. The lowest BCUT2D eigenvalue weighted by atomic mass is 9.74. The first kappa shape index (κ1) is 13.9. The highest BCUT2D eigenvalue weighted by molar-refractivity contribution is 6.29. The Morgan fingerprint density at radius 2 is 2.11 bits per heavy atom. The van der Waals surface area contributed by atoms with E-state index in [2.05, 4.69) is 4.98 Å². The molecule has 2 heterocycles. The number of carbonyl (C=O) groups is 1. The molecule has 0 spiro atoms. The van der Waals surface area contributed by atoms with Gasteiger partial charge in [0.15, 0.2) is 0 Å². The van der Waals surface area contributed by atoms with Gasteiger partial charge in [0.1, 0.15) is 11.0 Å². The van der Waals surface area contributed by atoms with Crippen LogP contribution in [0.15, 0.2) is 10.9 Å². The van der Waals surface area contributed by atoms with E-state index in [1.165, 1.54) is 15.5 Å². The van der Waals surface area contributed by atoms with Gasteiger partial charge in [-0.1, -0.05) is 32.4 Å². The molecule has 1 amide bonds. The van der Waals surface area contributed by atoms with E-state index >= 15 is 0 Å². The molecule has 0 saturated heterocycles. The fourth-order valence-electron chi connectivity index (χ4n) is 2.31. The van der Waals surface area contributed by atoms with Crippen molar-refractivity contribution in [2.45, 2.75) is 39.8 Å². The van der Waals surface area contributed by atoms with Crippen LogP contribution in [0.2, 0.25) is 5.15 Å². The average Bonchev–Trinajstić information content (AvgIpc) is 2.51. The number of nitrogens with zero attached hydrogens (tertiary/aromatic N) is 3. The zero-order valence-corrected chi connectivity index (χ0v) is 12.0. The first-order valence-corrected chi connectivity index (χ1v) is 6.26. The van der Waals surface area contributed by atoms with E-state index in [0.717, 1.165) is 0 Å². The summed E-state index contributed by atoms with van der Waals surface area (Å²) in [5, 5.41) is 9.49. The molecule has 1 aliphatic heterocycles. The van der Waals surface area contributed by atoms with Gasteiger partial charge in [-0.05, 0) is 12.3 Å². The van der Waals surface area contributed by atoms with Gasteiger partial charge in [-0.3, -0.25) is 9.47 Å². The van der Waals surface area contributed by atoms with Gasteiger partial charge in [-0.2, -0.15) is 4.98 Å². The molecule has 104 valence electrons. The number of hydrogen-bond acceptors (Lipinski definition) is 3. The minimum absolute atomic E-state index is 0.000610. The molecule has 1 atom stereocenters. The molecule has 0 unspecified atom stereocenters. The Hall–Kier alpha value is -1.56. The molecule has 1 aliphatic rings. The predicted molar refractivity (Wildman–Crippen MR) is 71.9 cm³/mol. The van der Waals surface area contributed by atoms with Crippen molar-refractivity contribution in [3.8, 4) is 0 Å². The Labute approximate surface area is 115 Å². The smallest absolute Gasteiger partial charge is 0.413 e. The molecule has 1 N–H and O–H groups in total. The molecule has 7 heteroatoms. The molecule has 0 saturated carbocycles. The van der Waals surface area contributed by atoms with Gasteiger partial charge in [-0.25, -0.2) is 9.59 Å². The number of amides is 1. The molecule has 19 heavy (non-hydrogen) atoms. The fourth-order valence-corrected chi connectivity index (χ4v) is 2.48. The quantitative estimate of drug-likeness (QED) is 0.742. The molecule has 0 bridgehead atoms. The zero-order chi connectivity index (χ0) is 14.6. The van der Waals surface area contributed by atoms with Crippen molar-refractivity contribution in [2.75, 3.05) is 4.90 Å². The monoisotopic (exact) mass is 285 g/mol. The third-order valence-electron chi connectivity index (χ3n) is 3.95. The van der Waals surface area contributed by atoms with Gasteiger partial charge in [0.2, 0.25) is 0 Å². The lowest BCUT2D eigenvalue weighted by Gasteiger charge is -2.43. The summed E-state index contributed by atoms with van der Waals surface area (Å²) in [6, 6.07) is 1.41. The van der Waals surface area contributed by atoms with Gasteiger partial charge in [0, 0.05) is 6.07 Å². The molecular formula is C12H16ClN3O3. The fraction of sp³-hybridized carbons (Fsp3) is 0.583. The Morgan fingerprint density at radius 1 is 1.53 bits per heavy atom. The number of hydrogen-bond donors (Lipinski definition) is 1. The summed E-state index contributed by atoms with van der Waals surface area (Å²) in [5.41, 5.74) is -1.62. The maximum Gasteiger partial charge on any atom is 0.413 e. The van der Waals surface area contributed by atoms with Crippen LogP contribution in [0.4, 0.5) is 10.6 Å². The van der Waals surface area contributed by atoms with E-state index in [1.807, 2.05) is 27.7 Å². The van der Waals surface area contributed by atoms with Crippen molar-refractivity contribution < 1.29 is 9.90 Å². The first-order chi connectivity index (χ1) is 8.58. The first-order valence-electron chi connectivity index (χ1n) is 5.88. The standard InChI is InChI=1S/C12H16ClN3O3/c1-11(2,3)12(4)6-15-8(16(12)10(18)19)5-7(13)14-9(15)17/h5H,6H2,1-4H3,(H,18,19)/t12-/m1/s1. The van der Waals surface area contributed by atoms with E-state index in [-0.39, 0.29) is 22.9 Å². The number of rotatable bonds is 0. The average molecular weight is 286 g/mol. The Morgan fingerprint density at radius 3 is 2.58 bits per heavy atom. The second-order valence-corrected chi connectivity index (χ2v) is 6.33. The van der Waals surface area contributed by atoms with Gasteiger partial charge >= 0.3 is 11.8 Å². The van der Waals surface area contributed by atoms with Crippen LogP contribution in [-0.2, 0) is 6.54 Å². The lowest BCUT2D eigenvalue weighted by Crippen LogP contribution is -2.55.